The summed E-state index contributed by atoms with van der Waals surface area (Å²) in [7, 11) is 0. The fourth-order valence-corrected chi connectivity index (χ4v) is 3.51. The standard InChI is InChI=1S/C21H20ClN3O4/c22-15-10-13(11-17-20(15)29-9-8-28-17)12-23-19(26)7-3-6-18-24-16-5-2-1-4-14(16)21(27)25-18/h1-2,4-5,10-11H,3,6-9,12H2,(H,23,26)(H,24,25,27). The first-order valence-electron chi connectivity index (χ1n) is 9.43. The maximum absolute atomic E-state index is 12.2. The molecule has 29 heavy (non-hydrogen) atoms. The highest BCUT2D eigenvalue weighted by Gasteiger charge is 2.16. The average Bonchev–Trinajstić information content (AvgIpc) is 2.72. The number of hydrogen-bond acceptors (Lipinski definition) is 5. The van der Waals surface area contributed by atoms with Crippen molar-refractivity contribution in [2.75, 3.05) is 13.2 Å². The SMILES string of the molecule is O=C(CCCc1nc2ccccc2c(=O)[nH]1)NCc1cc(Cl)c2c(c1)OCCO2. The number of aromatic nitrogens is 2. The third kappa shape index (κ3) is 4.51. The van der Waals surface area contributed by atoms with E-state index < -0.39 is 0 Å². The molecule has 1 aliphatic heterocycles. The van der Waals surface area contributed by atoms with Crippen LogP contribution in [-0.4, -0.2) is 29.1 Å². The Morgan fingerprint density at radius 1 is 1.21 bits per heavy atom. The van der Waals surface area contributed by atoms with E-state index in [0.29, 0.717) is 72.3 Å². The molecular formula is C21H20ClN3O4. The molecule has 0 saturated carbocycles. The van der Waals surface area contributed by atoms with Crippen LogP contribution in [0.4, 0.5) is 0 Å². The molecule has 2 heterocycles. The van der Waals surface area contributed by atoms with Crippen LogP contribution in [0.2, 0.25) is 5.02 Å². The molecular weight excluding hydrogens is 394 g/mol. The van der Waals surface area contributed by atoms with Crippen LogP contribution in [0.15, 0.2) is 41.2 Å². The van der Waals surface area contributed by atoms with Gasteiger partial charge in [-0.15, -0.1) is 0 Å². The lowest BCUT2D eigenvalue weighted by Crippen LogP contribution is -2.23. The molecule has 4 rings (SSSR count). The molecule has 0 bridgehead atoms. The fraction of sp³-hybridized carbons (Fsp3) is 0.286. The summed E-state index contributed by atoms with van der Waals surface area (Å²) >= 11 is 6.21. The van der Waals surface area contributed by atoms with Gasteiger partial charge in [0.25, 0.3) is 5.56 Å². The van der Waals surface area contributed by atoms with Gasteiger partial charge < -0.3 is 19.8 Å². The molecule has 2 N–H and O–H groups in total. The van der Waals surface area contributed by atoms with Gasteiger partial charge in [-0.05, 0) is 36.2 Å². The van der Waals surface area contributed by atoms with Gasteiger partial charge in [0.15, 0.2) is 11.5 Å². The second kappa shape index (κ2) is 8.53. The van der Waals surface area contributed by atoms with Crippen molar-refractivity contribution in [2.45, 2.75) is 25.8 Å². The van der Waals surface area contributed by atoms with Crippen LogP contribution in [0.3, 0.4) is 0 Å². The molecule has 1 amide bonds. The Hall–Kier alpha value is -3.06. The Kier molecular flexibility index (Phi) is 5.67. The number of carbonyl (C=O) groups excluding carboxylic acids is 1. The van der Waals surface area contributed by atoms with Gasteiger partial charge in [-0.2, -0.15) is 0 Å². The summed E-state index contributed by atoms with van der Waals surface area (Å²) in [5, 5.41) is 3.91. The average molecular weight is 414 g/mol. The maximum Gasteiger partial charge on any atom is 0.258 e. The van der Waals surface area contributed by atoms with Gasteiger partial charge in [-0.3, -0.25) is 9.59 Å². The van der Waals surface area contributed by atoms with Crippen molar-refractivity contribution >= 4 is 28.4 Å². The van der Waals surface area contributed by atoms with E-state index in [0.717, 1.165) is 5.56 Å². The summed E-state index contributed by atoms with van der Waals surface area (Å²) < 4.78 is 11.0. The minimum Gasteiger partial charge on any atom is -0.486 e. The predicted molar refractivity (Wildman–Crippen MR) is 110 cm³/mol. The van der Waals surface area contributed by atoms with Crippen molar-refractivity contribution in [1.82, 2.24) is 15.3 Å². The summed E-state index contributed by atoms with van der Waals surface area (Å²) in [6.45, 7) is 1.30. The van der Waals surface area contributed by atoms with Crippen molar-refractivity contribution in [2.24, 2.45) is 0 Å². The molecule has 0 unspecified atom stereocenters. The number of nitrogens with zero attached hydrogens (tertiary/aromatic N) is 1. The number of carbonyl (C=O) groups is 1. The summed E-state index contributed by atoms with van der Waals surface area (Å²) in [4.78, 5) is 31.5. The third-order valence-corrected chi connectivity index (χ3v) is 4.91. The van der Waals surface area contributed by atoms with Crippen LogP contribution < -0.4 is 20.3 Å². The molecule has 0 fully saturated rings. The topological polar surface area (TPSA) is 93.3 Å². The van der Waals surface area contributed by atoms with E-state index in [2.05, 4.69) is 15.3 Å². The molecule has 150 valence electrons. The Bertz CT molecular complexity index is 1110. The Balaban J connectivity index is 1.30. The zero-order valence-corrected chi connectivity index (χ0v) is 16.4. The molecule has 1 aromatic heterocycles. The van der Waals surface area contributed by atoms with Crippen LogP contribution >= 0.6 is 11.6 Å². The number of rotatable bonds is 6. The van der Waals surface area contributed by atoms with Crippen molar-refractivity contribution < 1.29 is 14.3 Å². The minimum atomic E-state index is -0.162. The molecule has 0 atom stereocenters. The molecule has 8 heteroatoms. The number of benzene rings is 2. The smallest absolute Gasteiger partial charge is 0.258 e. The van der Waals surface area contributed by atoms with Crippen molar-refractivity contribution in [3.8, 4) is 11.5 Å². The molecule has 0 aliphatic carbocycles. The van der Waals surface area contributed by atoms with E-state index in [1.165, 1.54) is 0 Å². The van der Waals surface area contributed by atoms with Crippen LogP contribution in [-0.2, 0) is 17.8 Å². The van der Waals surface area contributed by atoms with Crippen LogP contribution in [0.5, 0.6) is 11.5 Å². The highest BCUT2D eigenvalue weighted by molar-refractivity contribution is 6.32. The number of aryl methyl sites for hydroxylation is 1. The number of aromatic amines is 1. The summed E-state index contributed by atoms with van der Waals surface area (Å²) in [5.41, 5.74) is 1.34. The quantitative estimate of drug-likeness (QED) is 0.648. The second-order valence-corrected chi connectivity index (χ2v) is 7.17. The van der Waals surface area contributed by atoms with Crippen molar-refractivity contribution in [1.29, 1.82) is 0 Å². The van der Waals surface area contributed by atoms with Crippen molar-refractivity contribution in [3.05, 3.63) is 63.2 Å². The normalized spacial score (nSPS) is 12.7. The number of ether oxygens (including phenoxy) is 2. The second-order valence-electron chi connectivity index (χ2n) is 6.76. The zero-order chi connectivity index (χ0) is 20.2. The number of fused-ring (bicyclic) bond motifs is 2. The van der Waals surface area contributed by atoms with E-state index in [1.54, 1.807) is 24.3 Å². The highest BCUT2D eigenvalue weighted by Crippen LogP contribution is 2.38. The Morgan fingerprint density at radius 3 is 2.93 bits per heavy atom. The molecule has 1 aliphatic rings. The van der Waals surface area contributed by atoms with E-state index >= 15 is 0 Å². The predicted octanol–water partition coefficient (Wildman–Crippen LogP) is 2.99. The molecule has 0 spiro atoms. The summed E-state index contributed by atoms with van der Waals surface area (Å²) in [5.74, 6) is 1.64. The van der Waals surface area contributed by atoms with Gasteiger partial charge in [-0.1, -0.05) is 23.7 Å². The van der Waals surface area contributed by atoms with Gasteiger partial charge in [0.05, 0.1) is 15.9 Å². The Labute approximate surface area is 172 Å². The van der Waals surface area contributed by atoms with Crippen molar-refractivity contribution in [3.63, 3.8) is 0 Å². The number of amides is 1. The number of halogens is 1. The van der Waals surface area contributed by atoms with Crippen LogP contribution in [0.25, 0.3) is 10.9 Å². The molecule has 2 aromatic carbocycles. The molecule has 7 nitrogen and oxygen atoms in total. The van der Waals surface area contributed by atoms with Gasteiger partial charge in [0, 0.05) is 19.4 Å². The number of hydrogen-bond donors (Lipinski definition) is 2. The lowest BCUT2D eigenvalue weighted by atomic mass is 10.1. The number of H-pyrrole nitrogens is 1. The van der Waals surface area contributed by atoms with Gasteiger partial charge in [-0.25, -0.2) is 4.98 Å². The summed E-state index contributed by atoms with van der Waals surface area (Å²) in [6, 6.07) is 10.8. The van der Waals surface area contributed by atoms with Crippen LogP contribution in [0, 0.1) is 0 Å². The van der Waals surface area contributed by atoms with Crippen LogP contribution in [0.1, 0.15) is 24.2 Å². The monoisotopic (exact) mass is 413 g/mol. The summed E-state index contributed by atoms with van der Waals surface area (Å²) in [6.07, 6.45) is 1.42. The lowest BCUT2D eigenvalue weighted by molar-refractivity contribution is -0.121. The molecule has 3 aromatic rings. The first kappa shape index (κ1) is 19.3. The Morgan fingerprint density at radius 2 is 2.03 bits per heavy atom. The third-order valence-electron chi connectivity index (χ3n) is 4.63. The minimum absolute atomic E-state index is 0.0841. The molecule has 0 radical (unpaired) electrons. The highest BCUT2D eigenvalue weighted by atomic mass is 35.5. The van der Waals surface area contributed by atoms with E-state index in [4.69, 9.17) is 21.1 Å². The fourth-order valence-electron chi connectivity index (χ4n) is 3.23. The van der Waals surface area contributed by atoms with Gasteiger partial charge >= 0.3 is 0 Å². The number of nitrogens with one attached hydrogen (secondary N) is 2. The molecule has 0 saturated heterocycles. The number of para-hydroxylation sites is 1. The van der Waals surface area contributed by atoms with Gasteiger partial charge in [0.1, 0.15) is 19.0 Å². The van der Waals surface area contributed by atoms with E-state index in [1.807, 2.05) is 12.1 Å². The zero-order valence-electron chi connectivity index (χ0n) is 15.7. The lowest BCUT2D eigenvalue weighted by Gasteiger charge is -2.20. The van der Waals surface area contributed by atoms with Gasteiger partial charge in [0.2, 0.25) is 5.91 Å². The first-order valence-corrected chi connectivity index (χ1v) is 9.80. The maximum atomic E-state index is 12.2. The van der Waals surface area contributed by atoms with E-state index in [9.17, 15) is 9.59 Å². The first-order chi connectivity index (χ1) is 14.1. The largest absolute Gasteiger partial charge is 0.486 e. The van der Waals surface area contributed by atoms with E-state index in [-0.39, 0.29) is 11.5 Å².